The third kappa shape index (κ3) is 4.94. The van der Waals surface area contributed by atoms with Crippen molar-refractivity contribution in [2.45, 2.75) is 19.8 Å². The Morgan fingerprint density at radius 2 is 2.00 bits per heavy atom. The van der Waals surface area contributed by atoms with Gasteiger partial charge in [-0.25, -0.2) is 13.8 Å². The van der Waals surface area contributed by atoms with Crippen LogP contribution in [0.1, 0.15) is 19.8 Å². The molecule has 0 amide bonds. The van der Waals surface area contributed by atoms with Gasteiger partial charge < -0.3 is 4.90 Å². The molecule has 2 rings (SSSR count). The second-order valence-corrected chi connectivity index (χ2v) is 6.91. The van der Waals surface area contributed by atoms with Crippen molar-refractivity contribution in [1.29, 1.82) is 0 Å². The summed E-state index contributed by atoms with van der Waals surface area (Å²) in [6.07, 6.45) is 1.69. The Kier molecular flexibility index (Phi) is 5.55. The number of nitrogens with one attached hydrogen (secondary N) is 2. The number of rotatable bonds is 7. The molecule has 1 aromatic rings. The van der Waals surface area contributed by atoms with Gasteiger partial charge in [0.05, 0.1) is 0 Å². The first-order valence-electron chi connectivity index (χ1n) is 7.25. The maximum Gasteiger partial charge on any atom is 0.276 e. The van der Waals surface area contributed by atoms with Crippen LogP contribution in [0, 0.1) is 11.7 Å². The summed E-state index contributed by atoms with van der Waals surface area (Å²) in [4.78, 5) is 2.15. The largest absolute Gasteiger partial charge is 0.371 e. The number of hydrogen-bond acceptors (Lipinski definition) is 3. The van der Waals surface area contributed by atoms with Crippen LogP contribution in [0.4, 0.5) is 10.1 Å². The Morgan fingerprint density at radius 1 is 1.29 bits per heavy atom. The highest BCUT2D eigenvalue weighted by molar-refractivity contribution is 7.87. The highest BCUT2D eigenvalue weighted by Crippen LogP contribution is 2.23. The zero-order valence-corrected chi connectivity index (χ0v) is 13.0. The average molecular weight is 315 g/mol. The summed E-state index contributed by atoms with van der Waals surface area (Å²) in [5.74, 6) is 0.0255. The van der Waals surface area contributed by atoms with Crippen LogP contribution in [0.15, 0.2) is 24.3 Å². The minimum Gasteiger partial charge on any atom is -0.371 e. The van der Waals surface area contributed by atoms with Crippen molar-refractivity contribution < 1.29 is 12.8 Å². The maximum absolute atomic E-state index is 12.9. The lowest BCUT2D eigenvalue weighted by atomic mass is 10.1. The molecule has 0 spiro atoms. The van der Waals surface area contributed by atoms with Crippen molar-refractivity contribution in [1.82, 2.24) is 9.44 Å². The van der Waals surface area contributed by atoms with E-state index in [1.165, 1.54) is 12.1 Å². The van der Waals surface area contributed by atoms with Crippen LogP contribution in [-0.4, -0.2) is 34.6 Å². The van der Waals surface area contributed by atoms with E-state index in [9.17, 15) is 12.8 Å². The summed E-state index contributed by atoms with van der Waals surface area (Å²) in [6.45, 7) is 4.43. The molecule has 1 atom stereocenters. The summed E-state index contributed by atoms with van der Waals surface area (Å²) < 4.78 is 41.3. The van der Waals surface area contributed by atoms with Crippen LogP contribution in [0.3, 0.4) is 0 Å². The summed E-state index contributed by atoms with van der Waals surface area (Å²) in [6, 6.07) is 6.40. The van der Waals surface area contributed by atoms with Crippen molar-refractivity contribution in [2.75, 3.05) is 31.1 Å². The van der Waals surface area contributed by atoms with E-state index in [0.29, 0.717) is 13.1 Å². The van der Waals surface area contributed by atoms with Crippen molar-refractivity contribution in [3.63, 3.8) is 0 Å². The summed E-state index contributed by atoms with van der Waals surface area (Å²) in [5.41, 5.74) is 0.978. The Bertz CT molecular complexity index is 548. The molecule has 0 aliphatic carbocycles. The first kappa shape index (κ1) is 16.2. The van der Waals surface area contributed by atoms with Crippen molar-refractivity contribution in [3.8, 4) is 0 Å². The molecule has 1 aliphatic rings. The second-order valence-electron chi connectivity index (χ2n) is 5.32. The molecule has 1 aliphatic heterocycles. The minimum atomic E-state index is -3.39. The van der Waals surface area contributed by atoms with E-state index >= 15 is 0 Å². The van der Waals surface area contributed by atoms with Crippen LogP contribution < -0.4 is 14.3 Å². The SMILES string of the molecule is CCCNS(=O)(=O)NCC1CCN(c2ccc(F)cc2)C1. The predicted octanol–water partition coefficient (Wildman–Crippen LogP) is 1.49. The predicted molar refractivity (Wildman–Crippen MR) is 81.9 cm³/mol. The van der Waals surface area contributed by atoms with E-state index < -0.39 is 10.2 Å². The number of halogens is 1. The Balaban J connectivity index is 1.81. The van der Waals surface area contributed by atoms with E-state index in [1.54, 1.807) is 12.1 Å². The third-order valence-corrected chi connectivity index (χ3v) is 4.71. The number of nitrogens with zero attached hydrogens (tertiary/aromatic N) is 1. The molecule has 2 N–H and O–H groups in total. The van der Waals surface area contributed by atoms with Gasteiger partial charge in [0.25, 0.3) is 10.2 Å². The normalized spacial score (nSPS) is 19.1. The van der Waals surface area contributed by atoms with Crippen LogP contribution in [-0.2, 0) is 10.2 Å². The van der Waals surface area contributed by atoms with Gasteiger partial charge in [-0.2, -0.15) is 8.42 Å². The average Bonchev–Trinajstić information content (AvgIpc) is 2.93. The monoisotopic (exact) mass is 315 g/mol. The Morgan fingerprint density at radius 3 is 2.67 bits per heavy atom. The van der Waals surface area contributed by atoms with Gasteiger partial charge in [-0.05, 0) is 43.0 Å². The molecule has 0 bridgehead atoms. The van der Waals surface area contributed by atoms with Gasteiger partial charge in [-0.1, -0.05) is 6.92 Å². The van der Waals surface area contributed by atoms with Crippen LogP contribution in [0.2, 0.25) is 0 Å². The molecular formula is C14H22FN3O2S. The lowest BCUT2D eigenvalue weighted by Crippen LogP contribution is -2.39. The fraction of sp³-hybridized carbons (Fsp3) is 0.571. The van der Waals surface area contributed by atoms with Crippen LogP contribution in [0.25, 0.3) is 0 Å². The lowest BCUT2D eigenvalue weighted by molar-refractivity contribution is 0.532. The summed E-state index contributed by atoms with van der Waals surface area (Å²) in [5, 5.41) is 0. The molecule has 5 nitrogen and oxygen atoms in total. The number of benzene rings is 1. The van der Waals surface area contributed by atoms with Crippen LogP contribution in [0.5, 0.6) is 0 Å². The molecule has 0 radical (unpaired) electrons. The van der Waals surface area contributed by atoms with Gasteiger partial charge in [0.15, 0.2) is 0 Å². The molecule has 0 aromatic heterocycles. The molecule has 0 saturated carbocycles. The fourth-order valence-electron chi connectivity index (χ4n) is 2.40. The molecule has 1 fully saturated rings. The molecule has 1 heterocycles. The molecule has 1 unspecified atom stereocenters. The van der Waals surface area contributed by atoms with Gasteiger partial charge in [0, 0.05) is 31.9 Å². The zero-order chi connectivity index (χ0) is 15.3. The van der Waals surface area contributed by atoms with Crippen molar-refractivity contribution in [2.24, 2.45) is 5.92 Å². The fourth-order valence-corrected chi connectivity index (χ4v) is 3.43. The molecular weight excluding hydrogens is 293 g/mol. The van der Waals surface area contributed by atoms with E-state index in [1.807, 2.05) is 6.92 Å². The number of hydrogen-bond donors (Lipinski definition) is 2. The molecule has 1 aromatic carbocycles. The van der Waals surface area contributed by atoms with Crippen molar-refractivity contribution >= 4 is 15.9 Å². The maximum atomic E-state index is 12.9. The highest BCUT2D eigenvalue weighted by atomic mass is 32.2. The van der Waals surface area contributed by atoms with Gasteiger partial charge in [0.2, 0.25) is 0 Å². The minimum absolute atomic E-state index is 0.246. The van der Waals surface area contributed by atoms with Gasteiger partial charge in [-0.3, -0.25) is 0 Å². The Labute approximate surface area is 125 Å². The summed E-state index contributed by atoms with van der Waals surface area (Å²) in [7, 11) is -3.39. The summed E-state index contributed by atoms with van der Waals surface area (Å²) >= 11 is 0. The molecule has 7 heteroatoms. The number of anilines is 1. The van der Waals surface area contributed by atoms with Crippen LogP contribution >= 0.6 is 0 Å². The molecule has 21 heavy (non-hydrogen) atoms. The van der Waals surface area contributed by atoms with E-state index in [4.69, 9.17) is 0 Å². The van der Waals surface area contributed by atoms with Crippen molar-refractivity contribution in [3.05, 3.63) is 30.1 Å². The Hall–Kier alpha value is -1.18. The van der Waals surface area contributed by atoms with Gasteiger partial charge in [0.1, 0.15) is 5.82 Å². The zero-order valence-electron chi connectivity index (χ0n) is 12.2. The van der Waals surface area contributed by atoms with E-state index in [-0.39, 0.29) is 11.7 Å². The molecule has 118 valence electrons. The quantitative estimate of drug-likeness (QED) is 0.801. The standard InChI is InChI=1S/C14H22FN3O2S/c1-2-8-16-21(19,20)17-10-12-7-9-18(11-12)14-5-3-13(15)4-6-14/h3-6,12,16-17H,2,7-11H2,1H3. The van der Waals surface area contributed by atoms with E-state index in [0.717, 1.165) is 31.6 Å². The van der Waals surface area contributed by atoms with E-state index in [2.05, 4.69) is 14.3 Å². The smallest absolute Gasteiger partial charge is 0.276 e. The highest BCUT2D eigenvalue weighted by Gasteiger charge is 2.24. The van der Waals surface area contributed by atoms with Gasteiger partial charge >= 0.3 is 0 Å². The third-order valence-electron chi connectivity index (χ3n) is 3.58. The second kappa shape index (κ2) is 7.20. The first-order valence-corrected chi connectivity index (χ1v) is 8.73. The topological polar surface area (TPSA) is 61.4 Å². The lowest BCUT2D eigenvalue weighted by Gasteiger charge is -2.18. The molecule has 1 saturated heterocycles. The van der Waals surface area contributed by atoms with Gasteiger partial charge in [-0.15, -0.1) is 0 Å². The first-order chi connectivity index (χ1) is 10.00.